The van der Waals surface area contributed by atoms with Gasteiger partial charge in [-0.1, -0.05) is 38.1 Å². The third kappa shape index (κ3) is 2.46. The molecule has 3 heteroatoms. The van der Waals surface area contributed by atoms with Crippen LogP contribution in [0.4, 0.5) is 0 Å². The van der Waals surface area contributed by atoms with Gasteiger partial charge in [0.1, 0.15) is 5.82 Å². The van der Waals surface area contributed by atoms with Gasteiger partial charge < -0.3 is 10.3 Å². The third-order valence-corrected chi connectivity index (χ3v) is 3.33. The first kappa shape index (κ1) is 12.8. The fourth-order valence-corrected chi connectivity index (χ4v) is 2.10. The zero-order valence-electron chi connectivity index (χ0n) is 11.3. The second-order valence-corrected chi connectivity index (χ2v) is 4.87. The molecule has 0 fully saturated rings. The van der Waals surface area contributed by atoms with Gasteiger partial charge in [-0.2, -0.15) is 0 Å². The molecule has 2 aromatic rings. The summed E-state index contributed by atoms with van der Waals surface area (Å²) in [7, 11) is 0. The number of benzene rings is 1. The summed E-state index contributed by atoms with van der Waals surface area (Å²) in [4.78, 5) is 4.36. The molecule has 0 saturated heterocycles. The fraction of sp³-hybridized carbons (Fsp3) is 0.400. The van der Waals surface area contributed by atoms with Crippen molar-refractivity contribution >= 4 is 0 Å². The molecule has 2 N–H and O–H groups in total. The molecule has 1 aromatic heterocycles. The number of nitrogens with zero attached hydrogens (tertiary/aromatic N) is 2. The van der Waals surface area contributed by atoms with Gasteiger partial charge in [0, 0.05) is 18.9 Å². The lowest BCUT2D eigenvalue weighted by atomic mass is 9.99. The maximum atomic E-state index is 6.28. The Morgan fingerprint density at radius 1 is 1.17 bits per heavy atom. The van der Waals surface area contributed by atoms with Crippen molar-refractivity contribution < 1.29 is 0 Å². The van der Waals surface area contributed by atoms with Gasteiger partial charge >= 0.3 is 0 Å². The van der Waals surface area contributed by atoms with Crippen LogP contribution in [0.25, 0.3) is 0 Å². The van der Waals surface area contributed by atoms with E-state index in [0.29, 0.717) is 5.92 Å². The Bertz CT molecular complexity index is 497. The molecule has 1 unspecified atom stereocenters. The predicted molar refractivity (Wildman–Crippen MR) is 74.5 cm³/mol. The highest BCUT2D eigenvalue weighted by atomic mass is 15.1. The highest BCUT2D eigenvalue weighted by molar-refractivity contribution is 5.29. The molecule has 96 valence electrons. The van der Waals surface area contributed by atoms with Crippen LogP contribution in [0.3, 0.4) is 0 Å². The zero-order chi connectivity index (χ0) is 13.1. The lowest BCUT2D eigenvalue weighted by molar-refractivity contribution is 0.656. The van der Waals surface area contributed by atoms with Crippen molar-refractivity contribution in [3.63, 3.8) is 0 Å². The number of aromatic nitrogens is 2. The van der Waals surface area contributed by atoms with E-state index >= 15 is 0 Å². The van der Waals surface area contributed by atoms with Gasteiger partial charge in [0.05, 0.1) is 6.04 Å². The molecule has 0 saturated carbocycles. The van der Waals surface area contributed by atoms with Crippen molar-refractivity contribution in [3.05, 3.63) is 53.6 Å². The van der Waals surface area contributed by atoms with E-state index in [9.17, 15) is 0 Å². The van der Waals surface area contributed by atoms with E-state index < -0.39 is 0 Å². The summed E-state index contributed by atoms with van der Waals surface area (Å²) in [5.74, 6) is 1.47. The Hall–Kier alpha value is -1.61. The molecule has 0 aliphatic carbocycles. The van der Waals surface area contributed by atoms with E-state index in [-0.39, 0.29) is 6.04 Å². The normalized spacial score (nSPS) is 12.9. The van der Waals surface area contributed by atoms with Crippen LogP contribution < -0.4 is 5.73 Å². The molecule has 0 aliphatic rings. The Kier molecular flexibility index (Phi) is 3.82. The molecule has 0 aliphatic heterocycles. The second-order valence-electron chi connectivity index (χ2n) is 4.87. The number of hydrogen-bond donors (Lipinski definition) is 1. The topological polar surface area (TPSA) is 43.8 Å². The van der Waals surface area contributed by atoms with Crippen molar-refractivity contribution in [2.75, 3.05) is 0 Å². The van der Waals surface area contributed by atoms with Gasteiger partial charge in [-0.05, 0) is 24.0 Å². The van der Waals surface area contributed by atoms with Gasteiger partial charge in [0.25, 0.3) is 0 Å². The molecule has 1 aromatic carbocycles. The monoisotopic (exact) mass is 243 g/mol. The average Bonchev–Trinajstić information content (AvgIpc) is 2.86. The molecule has 0 radical (unpaired) electrons. The highest BCUT2D eigenvalue weighted by Crippen LogP contribution is 2.21. The number of rotatable bonds is 4. The molecular formula is C15H21N3. The summed E-state index contributed by atoms with van der Waals surface area (Å²) in [5.41, 5.74) is 8.73. The van der Waals surface area contributed by atoms with Crippen LogP contribution >= 0.6 is 0 Å². The van der Waals surface area contributed by atoms with E-state index in [2.05, 4.69) is 54.6 Å². The molecule has 2 rings (SSSR count). The summed E-state index contributed by atoms with van der Waals surface area (Å²) in [6.45, 7) is 7.38. The van der Waals surface area contributed by atoms with E-state index in [1.165, 1.54) is 5.56 Å². The van der Waals surface area contributed by atoms with Crippen molar-refractivity contribution in [3.8, 4) is 0 Å². The quantitative estimate of drug-likeness (QED) is 0.896. The van der Waals surface area contributed by atoms with Gasteiger partial charge in [-0.25, -0.2) is 4.98 Å². The molecular weight excluding hydrogens is 222 g/mol. The number of nitrogens with two attached hydrogens (primary N) is 1. The summed E-state index contributed by atoms with van der Waals surface area (Å²) in [5, 5.41) is 0. The van der Waals surface area contributed by atoms with E-state index in [4.69, 9.17) is 5.73 Å². The first-order valence-electron chi connectivity index (χ1n) is 6.50. The van der Waals surface area contributed by atoms with Crippen LogP contribution in [0.15, 0.2) is 36.7 Å². The Labute approximate surface area is 109 Å². The Balaban J connectivity index is 2.26. The van der Waals surface area contributed by atoms with Crippen LogP contribution in [0, 0.1) is 0 Å². The van der Waals surface area contributed by atoms with Crippen LogP contribution in [-0.2, 0) is 6.54 Å². The summed E-state index contributed by atoms with van der Waals surface area (Å²) in [6.07, 6.45) is 3.78. The summed E-state index contributed by atoms with van der Waals surface area (Å²) in [6, 6.07) is 8.36. The molecule has 0 spiro atoms. The van der Waals surface area contributed by atoms with Crippen molar-refractivity contribution in [1.82, 2.24) is 9.55 Å². The smallest absolute Gasteiger partial charge is 0.130 e. The molecule has 0 bridgehead atoms. The van der Waals surface area contributed by atoms with Crippen LogP contribution in [0.1, 0.15) is 49.7 Å². The number of imidazole rings is 1. The van der Waals surface area contributed by atoms with Crippen LogP contribution in [0.5, 0.6) is 0 Å². The molecule has 0 amide bonds. The van der Waals surface area contributed by atoms with Gasteiger partial charge in [0.15, 0.2) is 0 Å². The molecule has 3 nitrogen and oxygen atoms in total. The van der Waals surface area contributed by atoms with Crippen molar-refractivity contribution in [2.24, 2.45) is 5.73 Å². The standard InChI is InChI=1S/C15H21N3/c1-4-18-10-9-17-15(18)14(16)13-7-5-12(6-8-13)11(2)3/h5-11,14H,4,16H2,1-3H3. The maximum absolute atomic E-state index is 6.28. The lowest BCUT2D eigenvalue weighted by Crippen LogP contribution is -2.17. The van der Waals surface area contributed by atoms with Gasteiger partial charge in [0.2, 0.25) is 0 Å². The molecule has 1 atom stereocenters. The van der Waals surface area contributed by atoms with E-state index in [1.54, 1.807) is 6.20 Å². The summed E-state index contributed by atoms with van der Waals surface area (Å²) >= 11 is 0. The second kappa shape index (κ2) is 5.36. The molecule has 1 heterocycles. The van der Waals surface area contributed by atoms with Gasteiger partial charge in [-0.15, -0.1) is 0 Å². The van der Waals surface area contributed by atoms with Crippen molar-refractivity contribution in [1.29, 1.82) is 0 Å². The SMILES string of the molecule is CCn1ccnc1C(N)c1ccc(C(C)C)cc1. The first-order chi connectivity index (χ1) is 8.63. The minimum absolute atomic E-state index is 0.152. The van der Waals surface area contributed by atoms with Crippen LogP contribution in [0.2, 0.25) is 0 Å². The maximum Gasteiger partial charge on any atom is 0.130 e. The van der Waals surface area contributed by atoms with Crippen molar-refractivity contribution in [2.45, 2.75) is 39.3 Å². The van der Waals surface area contributed by atoms with E-state index in [1.807, 2.05) is 6.20 Å². The number of aryl methyl sites for hydroxylation is 1. The fourth-order valence-electron chi connectivity index (χ4n) is 2.10. The minimum atomic E-state index is -0.152. The largest absolute Gasteiger partial charge is 0.334 e. The Morgan fingerprint density at radius 3 is 2.33 bits per heavy atom. The third-order valence-electron chi connectivity index (χ3n) is 3.33. The zero-order valence-corrected chi connectivity index (χ0v) is 11.3. The summed E-state index contributed by atoms with van der Waals surface area (Å²) < 4.78 is 2.08. The average molecular weight is 243 g/mol. The Morgan fingerprint density at radius 2 is 1.78 bits per heavy atom. The predicted octanol–water partition coefficient (Wildman–Crippen LogP) is 3.07. The first-order valence-corrected chi connectivity index (χ1v) is 6.50. The molecule has 18 heavy (non-hydrogen) atoms. The minimum Gasteiger partial charge on any atom is -0.334 e. The highest BCUT2D eigenvalue weighted by Gasteiger charge is 2.14. The van der Waals surface area contributed by atoms with Gasteiger partial charge in [-0.3, -0.25) is 0 Å². The lowest BCUT2D eigenvalue weighted by Gasteiger charge is -2.14. The van der Waals surface area contributed by atoms with E-state index in [0.717, 1.165) is 17.9 Å². The number of hydrogen-bond acceptors (Lipinski definition) is 2. The van der Waals surface area contributed by atoms with Crippen LogP contribution in [-0.4, -0.2) is 9.55 Å².